The van der Waals surface area contributed by atoms with Gasteiger partial charge in [-0.2, -0.15) is 5.26 Å². The Labute approximate surface area is 102 Å². The molecule has 0 spiro atoms. The Hall–Kier alpha value is -1.56. The van der Waals surface area contributed by atoms with Crippen LogP contribution in [0, 0.1) is 16.7 Å². The Morgan fingerprint density at radius 3 is 2.76 bits per heavy atom. The molecule has 0 radical (unpaired) electrons. The van der Waals surface area contributed by atoms with E-state index in [1.807, 2.05) is 0 Å². The van der Waals surface area contributed by atoms with Gasteiger partial charge >= 0.3 is 0 Å². The van der Waals surface area contributed by atoms with E-state index in [2.05, 4.69) is 24.9 Å². The fourth-order valence-corrected chi connectivity index (χ4v) is 2.22. The van der Waals surface area contributed by atoms with Crippen LogP contribution in [0.4, 0.5) is 0 Å². The molecule has 1 aliphatic carbocycles. The first-order chi connectivity index (χ1) is 8.11. The van der Waals surface area contributed by atoms with Crippen molar-refractivity contribution in [2.45, 2.75) is 45.6 Å². The van der Waals surface area contributed by atoms with E-state index in [-0.39, 0.29) is 6.10 Å². The summed E-state index contributed by atoms with van der Waals surface area (Å²) < 4.78 is 5.84. The SMILES string of the molecule is CC1(C)CCC(Oc2ncccc2C#N)CC1. The second-order valence-corrected chi connectivity index (χ2v) is 5.45. The Morgan fingerprint density at radius 1 is 1.41 bits per heavy atom. The molecule has 1 saturated carbocycles. The van der Waals surface area contributed by atoms with Gasteiger partial charge in [-0.05, 0) is 43.2 Å². The zero-order valence-electron chi connectivity index (χ0n) is 10.4. The van der Waals surface area contributed by atoms with Crippen LogP contribution in [0.1, 0.15) is 45.1 Å². The largest absolute Gasteiger partial charge is 0.473 e. The molecule has 0 aliphatic heterocycles. The van der Waals surface area contributed by atoms with Gasteiger partial charge in [-0.3, -0.25) is 0 Å². The van der Waals surface area contributed by atoms with Crippen molar-refractivity contribution in [3.8, 4) is 11.9 Å². The minimum absolute atomic E-state index is 0.213. The first kappa shape index (κ1) is 11.9. The van der Waals surface area contributed by atoms with Crippen molar-refractivity contribution in [2.75, 3.05) is 0 Å². The maximum absolute atomic E-state index is 8.96. The van der Waals surface area contributed by atoms with Crippen LogP contribution in [-0.4, -0.2) is 11.1 Å². The Morgan fingerprint density at radius 2 is 2.12 bits per heavy atom. The number of hydrogen-bond acceptors (Lipinski definition) is 3. The average molecular weight is 230 g/mol. The molecule has 2 rings (SSSR count). The molecule has 0 amide bonds. The van der Waals surface area contributed by atoms with E-state index >= 15 is 0 Å². The highest BCUT2D eigenvalue weighted by Gasteiger charge is 2.28. The van der Waals surface area contributed by atoms with Gasteiger partial charge in [0.1, 0.15) is 17.7 Å². The molecule has 17 heavy (non-hydrogen) atoms. The van der Waals surface area contributed by atoms with E-state index in [9.17, 15) is 0 Å². The summed E-state index contributed by atoms with van der Waals surface area (Å²) in [6.07, 6.45) is 6.33. The van der Waals surface area contributed by atoms with Gasteiger partial charge in [0.25, 0.3) is 0 Å². The van der Waals surface area contributed by atoms with Crippen molar-refractivity contribution in [2.24, 2.45) is 5.41 Å². The minimum Gasteiger partial charge on any atom is -0.473 e. The van der Waals surface area contributed by atoms with Crippen molar-refractivity contribution < 1.29 is 4.74 Å². The molecular formula is C14H18N2O. The lowest BCUT2D eigenvalue weighted by atomic mass is 9.76. The lowest BCUT2D eigenvalue weighted by molar-refractivity contribution is 0.0946. The molecule has 0 N–H and O–H groups in total. The van der Waals surface area contributed by atoms with Crippen molar-refractivity contribution in [3.05, 3.63) is 23.9 Å². The molecule has 0 bridgehead atoms. The van der Waals surface area contributed by atoms with Gasteiger partial charge in [0.05, 0.1) is 0 Å². The van der Waals surface area contributed by atoms with Crippen LogP contribution in [0.5, 0.6) is 5.88 Å². The number of nitriles is 1. The van der Waals surface area contributed by atoms with Crippen LogP contribution in [-0.2, 0) is 0 Å². The highest BCUT2D eigenvalue weighted by Crippen LogP contribution is 2.36. The molecular weight excluding hydrogens is 212 g/mol. The summed E-state index contributed by atoms with van der Waals surface area (Å²) in [5.74, 6) is 0.486. The first-order valence-electron chi connectivity index (χ1n) is 6.12. The van der Waals surface area contributed by atoms with Gasteiger partial charge in [-0.25, -0.2) is 4.98 Å². The predicted molar refractivity (Wildman–Crippen MR) is 65.6 cm³/mol. The fourth-order valence-electron chi connectivity index (χ4n) is 2.22. The molecule has 0 unspecified atom stereocenters. The van der Waals surface area contributed by atoms with Crippen molar-refractivity contribution >= 4 is 0 Å². The second kappa shape index (κ2) is 4.75. The molecule has 0 saturated heterocycles. The van der Waals surface area contributed by atoms with E-state index in [1.165, 1.54) is 12.8 Å². The zero-order chi connectivity index (χ0) is 12.3. The van der Waals surface area contributed by atoms with Gasteiger partial charge in [0, 0.05) is 6.20 Å². The van der Waals surface area contributed by atoms with Crippen LogP contribution in [0.25, 0.3) is 0 Å². The smallest absolute Gasteiger partial charge is 0.231 e. The van der Waals surface area contributed by atoms with E-state index in [0.29, 0.717) is 16.9 Å². The van der Waals surface area contributed by atoms with Gasteiger partial charge < -0.3 is 4.74 Å². The van der Waals surface area contributed by atoms with Crippen LogP contribution < -0.4 is 4.74 Å². The number of aromatic nitrogens is 1. The van der Waals surface area contributed by atoms with Crippen LogP contribution in [0.3, 0.4) is 0 Å². The Balaban J connectivity index is 2.01. The molecule has 3 nitrogen and oxygen atoms in total. The molecule has 1 aromatic heterocycles. The van der Waals surface area contributed by atoms with Crippen molar-refractivity contribution in [1.29, 1.82) is 5.26 Å². The van der Waals surface area contributed by atoms with E-state index in [0.717, 1.165) is 12.8 Å². The summed E-state index contributed by atoms with van der Waals surface area (Å²) in [4.78, 5) is 4.14. The number of pyridine rings is 1. The monoisotopic (exact) mass is 230 g/mol. The predicted octanol–water partition coefficient (Wildman–Crippen LogP) is 3.30. The van der Waals surface area contributed by atoms with Gasteiger partial charge in [0.15, 0.2) is 0 Å². The molecule has 1 aromatic rings. The maximum atomic E-state index is 8.96. The summed E-state index contributed by atoms with van der Waals surface area (Å²) >= 11 is 0. The number of rotatable bonds is 2. The third-order valence-electron chi connectivity index (χ3n) is 3.46. The molecule has 90 valence electrons. The molecule has 0 atom stereocenters. The fraction of sp³-hybridized carbons (Fsp3) is 0.571. The zero-order valence-corrected chi connectivity index (χ0v) is 10.4. The summed E-state index contributed by atoms with van der Waals surface area (Å²) in [6.45, 7) is 4.59. The summed E-state index contributed by atoms with van der Waals surface area (Å²) in [5, 5.41) is 8.96. The lowest BCUT2D eigenvalue weighted by Gasteiger charge is -2.34. The standard InChI is InChI=1S/C14H18N2O/c1-14(2)7-5-12(6-8-14)17-13-11(10-15)4-3-9-16-13/h3-4,9,12H,5-8H2,1-2H3. The van der Waals surface area contributed by atoms with Crippen LogP contribution >= 0.6 is 0 Å². The number of nitrogens with zero attached hydrogens (tertiary/aromatic N) is 2. The topological polar surface area (TPSA) is 45.9 Å². The second-order valence-electron chi connectivity index (χ2n) is 5.45. The molecule has 1 aliphatic rings. The molecule has 1 fully saturated rings. The summed E-state index contributed by atoms with van der Waals surface area (Å²) in [5.41, 5.74) is 0.958. The quantitative estimate of drug-likeness (QED) is 0.783. The number of ether oxygens (including phenoxy) is 1. The molecule has 1 heterocycles. The normalized spacial score (nSPS) is 19.6. The van der Waals surface area contributed by atoms with Gasteiger partial charge in [-0.15, -0.1) is 0 Å². The molecule has 0 aromatic carbocycles. The van der Waals surface area contributed by atoms with Gasteiger partial charge in [0.2, 0.25) is 5.88 Å². The van der Waals surface area contributed by atoms with E-state index < -0.39 is 0 Å². The Kier molecular flexibility index (Phi) is 3.33. The van der Waals surface area contributed by atoms with Crippen molar-refractivity contribution in [1.82, 2.24) is 4.98 Å². The van der Waals surface area contributed by atoms with Gasteiger partial charge in [-0.1, -0.05) is 13.8 Å². The molecule has 3 heteroatoms. The summed E-state index contributed by atoms with van der Waals surface area (Å²) in [6, 6.07) is 5.62. The lowest BCUT2D eigenvalue weighted by Crippen LogP contribution is -2.28. The van der Waals surface area contributed by atoms with Crippen molar-refractivity contribution in [3.63, 3.8) is 0 Å². The highest BCUT2D eigenvalue weighted by molar-refractivity contribution is 5.37. The third kappa shape index (κ3) is 2.97. The van der Waals surface area contributed by atoms with E-state index in [4.69, 9.17) is 10.00 Å². The Bertz CT molecular complexity index is 424. The van der Waals surface area contributed by atoms with Crippen LogP contribution in [0.15, 0.2) is 18.3 Å². The maximum Gasteiger partial charge on any atom is 0.231 e. The summed E-state index contributed by atoms with van der Waals surface area (Å²) in [7, 11) is 0. The number of hydrogen-bond donors (Lipinski definition) is 0. The first-order valence-corrected chi connectivity index (χ1v) is 6.12. The van der Waals surface area contributed by atoms with Crippen LogP contribution in [0.2, 0.25) is 0 Å². The average Bonchev–Trinajstić information content (AvgIpc) is 2.32. The minimum atomic E-state index is 0.213. The highest BCUT2D eigenvalue weighted by atomic mass is 16.5. The van der Waals surface area contributed by atoms with E-state index in [1.54, 1.807) is 18.3 Å². The third-order valence-corrected chi connectivity index (χ3v) is 3.46.